The average Bonchev–Trinajstić information content (AvgIpc) is 2.70. The van der Waals surface area contributed by atoms with Gasteiger partial charge in [-0.2, -0.15) is 5.26 Å². The molecule has 0 aromatic rings. The fourth-order valence-corrected chi connectivity index (χ4v) is 3.17. The zero-order valence-corrected chi connectivity index (χ0v) is 17.5. The molecule has 1 aliphatic rings. The summed E-state index contributed by atoms with van der Waals surface area (Å²) in [5.74, 6) is 0.581. The molecule has 0 unspecified atom stereocenters. The first-order chi connectivity index (χ1) is 13.0. The molecule has 148 valence electrons. The number of rotatable bonds is 10. The maximum atomic E-state index is 8.87. The number of piperidine rings is 1. The number of nitriles is 1. The van der Waals surface area contributed by atoms with Gasteiger partial charge in [-0.1, -0.05) is 43.9 Å². The Morgan fingerprint density at radius 3 is 2.56 bits per heavy atom. The van der Waals surface area contributed by atoms with Gasteiger partial charge in [0, 0.05) is 38.5 Å². The van der Waals surface area contributed by atoms with E-state index in [4.69, 9.17) is 5.26 Å². The first-order valence-electron chi connectivity index (χ1n) is 9.99. The number of nitrogens with zero attached hydrogens (tertiary/aromatic N) is 3. The van der Waals surface area contributed by atoms with E-state index in [9.17, 15) is 0 Å². The van der Waals surface area contributed by atoms with Crippen molar-refractivity contribution in [1.82, 2.24) is 15.1 Å². The fraction of sp³-hybridized carbons (Fsp3) is 0.522. The number of hydrogen-bond acceptors (Lipinski definition) is 4. The summed E-state index contributed by atoms with van der Waals surface area (Å²) in [6.07, 6.45) is 18.4. The van der Waals surface area contributed by atoms with Gasteiger partial charge < -0.3 is 10.2 Å². The maximum Gasteiger partial charge on any atom is 0.0985 e. The van der Waals surface area contributed by atoms with Crippen molar-refractivity contribution < 1.29 is 0 Å². The van der Waals surface area contributed by atoms with Gasteiger partial charge in [-0.15, -0.1) is 0 Å². The van der Waals surface area contributed by atoms with Gasteiger partial charge in [-0.3, -0.25) is 4.90 Å². The van der Waals surface area contributed by atoms with Crippen molar-refractivity contribution in [3.63, 3.8) is 0 Å². The summed E-state index contributed by atoms with van der Waals surface area (Å²) >= 11 is 0. The average molecular weight is 369 g/mol. The number of likely N-dealkylation sites (N-methyl/N-ethyl adjacent to an activating group) is 1. The second-order valence-corrected chi connectivity index (χ2v) is 6.94. The molecule has 1 heterocycles. The highest BCUT2D eigenvalue weighted by Gasteiger charge is 2.24. The van der Waals surface area contributed by atoms with Crippen molar-refractivity contribution >= 4 is 0 Å². The SMILES string of the molecule is C=C(C#N)/C=C\[C@H](NC)N1CCC(C(=C/N(C)CC)/C=C/C=C\CC)CC1. The van der Waals surface area contributed by atoms with Crippen molar-refractivity contribution in [2.24, 2.45) is 5.92 Å². The third kappa shape index (κ3) is 8.43. The topological polar surface area (TPSA) is 42.3 Å². The molecular weight excluding hydrogens is 332 g/mol. The molecule has 0 amide bonds. The summed E-state index contributed by atoms with van der Waals surface area (Å²) in [5.41, 5.74) is 1.90. The Balaban J connectivity index is 2.77. The van der Waals surface area contributed by atoms with E-state index in [0.29, 0.717) is 11.5 Å². The lowest BCUT2D eigenvalue weighted by atomic mass is 9.88. The van der Waals surface area contributed by atoms with Gasteiger partial charge in [0.05, 0.1) is 12.2 Å². The fourth-order valence-electron chi connectivity index (χ4n) is 3.17. The largest absolute Gasteiger partial charge is 0.380 e. The van der Waals surface area contributed by atoms with Crippen LogP contribution in [-0.4, -0.2) is 49.7 Å². The second-order valence-electron chi connectivity index (χ2n) is 6.94. The second kappa shape index (κ2) is 13.1. The van der Waals surface area contributed by atoms with Gasteiger partial charge >= 0.3 is 0 Å². The molecule has 1 aliphatic heterocycles. The van der Waals surface area contributed by atoms with E-state index in [1.165, 1.54) is 5.57 Å². The van der Waals surface area contributed by atoms with E-state index in [1.54, 1.807) is 6.08 Å². The summed E-state index contributed by atoms with van der Waals surface area (Å²) in [7, 11) is 4.09. The first-order valence-corrected chi connectivity index (χ1v) is 9.99. The van der Waals surface area contributed by atoms with Crippen LogP contribution in [0.1, 0.15) is 33.1 Å². The zero-order chi connectivity index (χ0) is 20.1. The van der Waals surface area contributed by atoms with Gasteiger partial charge in [-0.25, -0.2) is 0 Å². The molecule has 0 bridgehead atoms. The standard InChI is InChI=1S/C23H36N4/c1-6-8-9-10-11-22(19-26(5)7-2)21-14-16-27(17-15-21)23(25-4)13-12-20(3)18-24/h8-13,19,21,23,25H,3,6-7,14-17H2,1-2,4-5H3/b9-8-,11-10+,13-12-,22-19+/t23-/m1/s1. The summed E-state index contributed by atoms with van der Waals surface area (Å²) < 4.78 is 0. The number of likely N-dealkylation sites (tertiary alicyclic amines) is 1. The molecule has 0 saturated carbocycles. The predicted octanol–water partition coefficient (Wildman–Crippen LogP) is 4.24. The van der Waals surface area contributed by atoms with E-state index in [2.05, 4.69) is 79.2 Å². The minimum Gasteiger partial charge on any atom is -0.380 e. The smallest absolute Gasteiger partial charge is 0.0985 e. The van der Waals surface area contributed by atoms with Crippen molar-refractivity contribution in [2.45, 2.75) is 39.3 Å². The Bertz CT molecular complexity index is 598. The summed E-state index contributed by atoms with van der Waals surface area (Å²) in [5, 5.41) is 12.2. The van der Waals surface area contributed by atoms with Crippen molar-refractivity contribution in [2.75, 3.05) is 33.7 Å². The molecule has 1 rings (SSSR count). The Morgan fingerprint density at radius 2 is 2.00 bits per heavy atom. The van der Waals surface area contributed by atoms with E-state index < -0.39 is 0 Å². The van der Waals surface area contributed by atoms with Crippen molar-refractivity contribution in [1.29, 1.82) is 5.26 Å². The zero-order valence-electron chi connectivity index (χ0n) is 17.5. The monoisotopic (exact) mass is 368 g/mol. The molecule has 4 nitrogen and oxygen atoms in total. The third-order valence-electron chi connectivity index (χ3n) is 4.95. The van der Waals surface area contributed by atoms with Crippen molar-refractivity contribution in [3.8, 4) is 6.07 Å². The van der Waals surface area contributed by atoms with E-state index in [-0.39, 0.29) is 6.17 Å². The normalized spacial score (nSPS) is 18.4. The predicted molar refractivity (Wildman–Crippen MR) is 116 cm³/mol. The first kappa shape index (κ1) is 23.0. The van der Waals surface area contributed by atoms with Crippen LogP contribution in [0.25, 0.3) is 0 Å². The Labute approximate surface area is 166 Å². The maximum absolute atomic E-state index is 8.87. The van der Waals surface area contributed by atoms with Crippen LogP contribution in [0.2, 0.25) is 0 Å². The molecule has 0 aromatic carbocycles. The Kier molecular flexibility index (Phi) is 11.2. The van der Waals surface area contributed by atoms with Crippen LogP contribution in [0.3, 0.4) is 0 Å². The molecular formula is C23H36N4. The van der Waals surface area contributed by atoms with Crippen molar-refractivity contribution in [3.05, 3.63) is 60.4 Å². The van der Waals surface area contributed by atoms with Gasteiger partial charge in [0.2, 0.25) is 0 Å². The molecule has 0 aliphatic carbocycles. The quantitative estimate of drug-likeness (QED) is 0.463. The number of hydrogen-bond donors (Lipinski definition) is 1. The van der Waals surface area contributed by atoms with Crippen LogP contribution in [0.4, 0.5) is 0 Å². The van der Waals surface area contributed by atoms with Crippen LogP contribution in [0.15, 0.2) is 60.4 Å². The number of nitrogens with one attached hydrogen (secondary N) is 1. The minimum atomic E-state index is 0.143. The molecule has 1 N–H and O–H groups in total. The lowest BCUT2D eigenvalue weighted by Gasteiger charge is -2.37. The molecule has 1 fully saturated rings. The van der Waals surface area contributed by atoms with E-state index in [1.807, 2.05) is 13.1 Å². The van der Waals surface area contributed by atoms with E-state index >= 15 is 0 Å². The minimum absolute atomic E-state index is 0.143. The lowest BCUT2D eigenvalue weighted by Crippen LogP contribution is -2.47. The van der Waals surface area contributed by atoms with Gasteiger partial charge in [0.25, 0.3) is 0 Å². The molecule has 0 spiro atoms. The Hall–Kier alpha value is -2.09. The van der Waals surface area contributed by atoms with Crippen LogP contribution in [-0.2, 0) is 0 Å². The Morgan fingerprint density at radius 1 is 1.30 bits per heavy atom. The van der Waals surface area contributed by atoms with Crippen LogP contribution in [0.5, 0.6) is 0 Å². The highest BCUT2D eigenvalue weighted by Crippen LogP contribution is 2.27. The van der Waals surface area contributed by atoms with Crippen LogP contribution >= 0.6 is 0 Å². The molecule has 1 atom stereocenters. The molecule has 4 heteroatoms. The summed E-state index contributed by atoms with van der Waals surface area (Å²) in [6.45, 7) is 11.1. The molecule has 0 aromatic heterocycles. The third-order valence-corrected chi connectivity index (χ3v) is 4.95. The lowest BCUT2D eigenvalue weighted by molar-refractivity contribution is 0.151. The number of allylic oxidation sites excluding steroid dienone is 7. The van der Waals surface area contributed by atoms with Gasteiger partial charge in [-0.05, 0) is 50.8 Å². The summed E-state index contributed by atoms with van der Waals surface area (Å²) in [4.78, 5) is 4.68. The highest BCUT2D eigenvalue weighted by molar-refractivity contribution is 5.30. The van der Waals surface area contributed by atoms with Crippen LogP contribution < -0.4 is 5.32 Å². The molecule has 1 saturated heterocycles. The van der Waals surface area contributed by atoms with Crippen LogP contribution in [0, 0.1) is 17.2 Å². The molecule has 27 heavy (non-hydrogen) atoms. The highest BCUT2D eigenvalue weighted by atomic mass is 15.3. The van der Waals surface area contributed by atoms with E-state index in [0.717, 1.165) is 38.9 Å². The molecule has 0 radical (unpaired) electrons. The van der Waals surface area contributed by atoms with Gasteiger partial charge in [0.1, 0.15) is 0 Å². The summed E-state index contributed by atoms with van der Waals surface area (Å²) in [6, 6.07) is 2.07. The van der Waals surface area contributed by atoms with Gasteiger partial charge in [0.15, 0.2) is 0 Å².